The van der Waals surface area contributed by atoms with Gasteiger partial charge in [0.25, 0.3) is 5.91 Å². The Morgan fingerprint density at radius 3 is 2.35 bits per heavy atom. The number of hydrogen-bond acceptors (Lipinski definition) is 3. The van der Waals surface area contributed by atoms with Crippen LogP contribution < -0.4 is 10.6 Å². The molecule has 1 atom stereocenters. The van der Waals surface area contributed by atoms with Crippen molar-refractivity contribution >= 4 is 22.9 Å². The standard InChI is InChI=1S/C16H20N2OS/c1-11(2)15(14-5-4-10-20-14)18-13-8-6-12(7-9-13)16(19)17-3/h4-11,15,18H,1-3H3,(H,17,19). The van der Waals surface area contributed by atoms with Crippen LogP contribution in [0.5, 0.6) is 0 Å². The zero-order valence-corrected chi connectivity index (χ0v) is 12.8. The van der Waals surface area contributed by atoms with Crippen LogP contribution in [0, 0.1) is 5.92 Å². The number of nitrogens with one attached hydrogen (secondary N) is 2. The van der Waals surface area contributed by atoms with Gasteiger partial charge >= 0.3 is 0 Å². The van der Waals surface area contributed by atoms with E-state index in [1.165, 1.54) is 4.88 Å². The van der Waals surface area contributed by atoms with Crippen molar-refractivity contribution < 1.29 is 4.79 Å². The lowest BCUT2D eigenvalue weighted by Crippen LogP contribution is -2.18. The van der Waals surface area contributed by atoms with Gasteiger partial charge in [-0.3, -0.25) is 4.79 Å². The smallest absolute Gasteiger partial charge is 0.251 e. The molecule has 3 nitrogen and oxygen atoms in total. The molecule has 106 valence electrons. The molecule has 20 heavy (non-hydrogen) atoms. The highest BCUT2D eigenvalue weighted by molar-refractivity contribution is 7.10. The second kappa shape index (κ2) is 6.57. The van der Waals surface area contributed by atoms with E-state index in [0.717, 1.165) is 5.69 Å². The molecule has 0 bridgehead atoms. The SMILES string of the molecule is CNC(=O)c1ccc(NC(c2cccs2)C(C)C)cc1. The molecule has 0 spiro atoms. The summed E-state index contributed by atoms with van der Waals surface area (Å²) in [5, 5.41) is 8.27. The number of anilines is 1. The third-order valence-electron chi connectivity index (χ3n) is 3.21. The molecule has 2 rings (SSSR count). The number of hydrogen-bond donors (Lipinski definition) is 2. The van der Waals surface area contributed by atoms with Gasteiger partial charge in [0.15, 0.2) is 0 Å². The van der Waals surface area contributed by atoms with Crippen molar-refractivity contribution in [3.8, 4) is 0 Å². The number of amides is 1. The van der Waals surface area contributed by atoms with Crippen molar-refractivity contribution in [3.05, 3.63) is 52.2 Å². The van der Waals surface area contributed by atoms with Gasteiger partial charge in [-0.05, 0) is 41.6 Å². The average molecular weight is 288 g/mol. The van der Waals surface area contributed by atoms with Crippen molar-refractivity contribution in [1.82, 2.24) is 5.32 Å². The minimum absolute atomic E-state index is 0.0600. The molecule has 4 heteroatoms. The van der Waals surface area contributed by atoms with Crippen LogP contribution in [0.25, 0.3) is 0 Å². The lowest BCUT2D eigenvalue weighted by Gasteiger charge is -2.22. The van der Waals surface area contributed by atoms with Crippen LogP contribution >= 0.6 is 11.3 Å². The van der Waals surface area contributed by atoms with E-state index < -0.39 is 0 Å². The van der Waals surface area contributed by atoms with Crippen LogP contribution in [0.15, 0.2) is 41.8 Å². The molecule has 2 N–H and O–H groups in total. The van der Waals surface area contributed by atoms with E-state index in [2.05, 4.69) is 42.0 Å². The molecule has 0 saturated heterocycles. The maximum atomic E-state index is 11.5. The molecule has 0 aliphatic carbocycles. The summed E-state index contributed by atoms with van der Waals surface area (Å²) in [5.74, 6) is 0.433. The second-order valence-corrected chi connectivity index (χ2v) is 6.02. The van der Waals surface area contributed by atoms with Gasteiger partial charge in [-0.15, -0.1) is 11.3 Å². The van der Waals surface area contributed by atoms with Crippen molar-refractivity contribution in [2.24, 2.45) is 5.92 Å². The summed E-state index contributed by atoms with van der Waals surface area (Å²) < 4.78 is 0. The van der Waals surface area contributed by atoms with Crippen molar-refractivity contribution in [1.29, 1.82) is 0 Å². The highest BCUT2D eigenvalue weighted by Gasteiger charge is 2.16. The fourth-order valence-electron chi connectivity index (χ4n) is 2.08. The zero-order chi connectivity index (χ0) is 14.5. The molecule has 0 saturated carbocycles. The summed E-state index contributed by atoms with van der Waals surface area (Å²) in [6.07, 6.45) is 0. The van der Waals surface area contributed by atoms with E-state index in [4.69, 9.17) is 0 Å². The number of carbonyl (C=O) groups is 1. The Balaban J connectivity index is 2.13. The molecular formula is C16H20N2OS. The first-order valence-electron chi connectivity index (χ1n) is 6.74. The van der Waals surface area contributed by atoms with Crippen molar-refractivity contribution in [2.75, 3.05) is 12.4 Å². The van der Waals surface area contributed by atoms with Gasteiger partial charge < -0.3 is 10.6 Å². The lowest BCUT2D eigenvalue weighted by atomic mass is 10.0. The maximum Gasteiger partial charge on any atom is 0.251 e. The van der Waals surface area contributed by atoms with Crippen LogP contribution in [-0.4, -0.2) is 13.0 Å². The fourth-order valence-corrected chi connectivity index (χ4v) is 3.03. The molecule has 1 aromatic heterocycles. The Morgan fingerprint density at radius 1 is 1.15 bits per heavy atom. The molecule has 0 fully saturated rings. The van der Waals surface area contributed by atoms with Gasteiger partial charge in [0, 0.05) is 23.2 Å². The topological polar surface area (TPSA) is 41.1 Å². The van der Waals surface area contributed by atoms with Crippen LogP contribution in [0.2, 0.25) is 0 Å². The van der Waals surface area contributed by atoms with Crippen molar-refractivity contribution in [2.45, 2.75) is 19.9 Å². The normalized spacial score (nSPS) is 12.2. The summed E-state index contributed by atoms with van der Waals surface area (Å²) >= 11 is 1.76. The van der Waals surface area contributed by atoms with E-state index in [1.807, 2.05) is 24.3 Å². The van der Waals surface area contributed by atoms with Gasteiger partial charge in [-0.2, -0.15) is 0 Å². The second-order valence-electron chi connectivity index (χ2n) is 5.04. The summed E-state index contributed by atoms with van der Waals surface area (Å²) in [6, 6.07) is 12.1. The van der Waals surface area contributed by atoms with E-state index in [1.54, 1.807) is 18.4 Å². The molecule has 0 aliphatic heterocycles. The van der Waals surface area contributed by atoms with Gasteiger partial charge in [-0.25, -0.2) is 0 Å². The highest BCUT2D eigenvalue weighted by Crippen LogP contribution is 2.29. The first-order valence-corrected chi connectivity index (χ1v) is 7.62. The minimum atomic E-state index is -0.0600. The minimum Gasteiger partial charge on any atom is -0.377 e. The van der Waals surface area contributed by atoms with Crippen LogP contribution in [-0.2, 0) is 0 Å². The monoisotopic (exact) mass is 288 g/mol. The summed E-state index contributed by atoms with van der Waals surface area (Å²) in [7, 11) is 1.64. The average Bonchev–Trinajstić information content (AvgIpc) is 2.98. The van der Waals surface area contributed by atoms with Crippen LogP contribution in [0.4, 0.5) is 5.69 Å². The highest BCUT2D eigenvalue weighted by atomic mass is 32.1. The van der Waals surface area contributed by atoms with Gasteiger partial charge in [-0.1, -0.05) is 19.9 Å². The van der Waals surface area contributed by atoms with E-state index >= 15 is 0 Å². The predicted molar refractivity (Wildman–Crippen MR) is 85.4 cm³/mol. The van der Waals surface area contributed by atoms with E-state index in [9.17, 15) is 4.79 Å². The van der Waals surface area contributed by atoms with Crippen molar-refractivity contribution in [3.63, 3.8) is 0 Å². The first-order chi connectivity index (χ1) is 9.61. The number of thiophene rings is 1. The Kier molecular flexibility index (Phi) is 4.79. The molecule has 2 aromatic rings. The van der Waals surface area contributed by atoms with E-state index in [-0.39, 0.29) is 5.91 Å². The van der Waals surface area contributed by atoms with Gasteiger partial charge in [0.05, 0.1) is 6.04 Å². The Hall–Kier alpha value is -1.81. The third kappa shape index (κ3) is 3.39. The molecular weight excluding hydrogens is 268 g/mol. The molecule has 1 heterocycles. The summed E-state index contributed by atoms with van der Waals surface area (Å²) in [6.45, 7) is 4.41. The fraction of sp³-hybridized carbons (Fsp3) is 0.312. The Bertz CT molecular complexity index is 546. The third-order valence-corrected chi connectivity index (χ3v) is 4.17. The summed E-state index contributed by atoms with van der Waals surface area (Å²) in [5.41, 5.74) is 1.71. The quantitative estimate of drug-likeness (QED) is 0.875. The van der Waals surface area contributed by atoms with E-state index in [0.29, 0.717) is 17.5 Å². The van der Waals surface area contributed by atoms with Gasteiger partial charge in [0.2, 0.25) is 0 Å². The van der Waals surface area contributed by atoms with Crippen LogP contribution in [0.1, 0.15) is 35.1 Å². The Labute approximate surface area is 124 Å². The molecule has 1 aromatic carbocycles. The Morgan fingerprint density at radius 2 is 1.85 bits per heavy atom. The number of carbonyl (C=O) groups excluding carboxylic acids is 1. The summed E-state index contributed by atoms with van der Waals surface area (Å²) in [4.78, 5) is 12.8. The number of benzene rings is 1. The van der Waals surface area contributed by atoms with Gasteiger partial charge in [0.1, 0.15) is 0 Å². The first kappa shape index (κ1) is 14.6. The number of rotatable bonds is 5. The zero-order valence-electron chi connectivity index (χ0n) is 12.0. The maximum absolute atomic E-state index is 11.5. The van der Waals surface area contributed by atoms with Crippen LogP contribution in [0.3, 0.4) is 0 Å². The largest absolute Gasteiger partial charge is 0.377 e. The predicted octanol–water partition coefficient (Wildman–Crippen LogP) is 3.92. The molecule has 0 radical (unpaired) electrons. The molecule has 0 aliphatic rings. The molecule has 1 amide bonds. The molecule has 1 unspecified atom stereocenters. The lowest BCUT2D eigenvalue weighted by molar-refractivity contribution is 0.0963.